The van der Waals surface area contributed by atoms with Gasteiger partial charge in [-0.05, 0) is 44.5 Å². The van der Waals surface area contributed by atoms with Gasteiger partial charge in [0, 0.05) is 27.9 Å². The van der Waals surface area contributed by atoms with Crippen LogP contribution in [0.1, 0.15) is 37.9 Å². The summed E-state index contributed by atoms with van der Waals surface area (Å²) in [6, 6.07) is 10.5. The maximum atomic E-state index is 12.7. The van der Waals surface area contributed by atoms with E-state index in [0.717, 1.165) is 5.56 Å². The number of halogens is 1. The average molecular weight is 415 g/mol. The number of hydrogen-bond donors (Lipinski definition) is 1. The fraction of sp³-hybridized carbons (Fsp3) is 0.273. The van der Waals surface area contributed by atoms with Crippen molar-refractivity contribution >= 4 is 34.6 Å². The lowest BCUT2D eigenvalue weighted by Gasteiger charge is -2.35. The number of Topliss-reactive ketones (excluding diaryl/α,β-unsaturated/α-hetero) is 1. The van der Waals surface area contributed by atoms with Crippen molar-refractivity contribution in [2.24, 2.45) is 5.73 Å². The Bertz CT molecular complexity index is 995. The second-order valence-corrected chi connectivity index (χ2v) is 7.35. The predicted octanol–water partition coefficient (Wildman–Crippen LogP) is 4.11. The molecule has 0 fully saturated rings. The molecule has 0 aliphatic carbocycles. The third kappa shape index (κ3) is 3.93. The van der Waals surface area contributed by atoms with Crippen molar-refractivity contribution in [1.82, 2.24) is 0 Å². The van der Waals surface area contributed by atoms with Crippen molar-refractivity contribution in [3.05, 3.63) is 58.2 Å². The maximum absolute atomic E-state index is 12.7. The lowest BCUT2D eigenvalue weighted by molar-refractivity contribution is -0.121. The van der Waals surface area contributed by atoms with E-state index >= 15 is 0 Å². The quantitative estimate of drug-likeness (QED) is 0.744. The van der Waals surface area contributed by atoms with Crippen molar-refractivity contribution in [1.29, 1.82) is 0 Å². The Kier molecular flexibility index (Phi) is 5.84. The molecule has 0 bridgehead atoms. The van der Waals surface area contributed by atoms with Crippen molar-refractivity contribution in [3.63, 3.8) is 0 Å². The van der Waals surface area contributed by atoms with Gasteiger partial charge in [-0.1, -0.05) is 23.7 Å². The van der Waals surface area contributed by atoms with E-state index in [1.807, 2.05) is 19.1 Å². The first-order chi connectivity index (χ1) is 13.7. The van der Waals surface area contributed by atoms with Crippen LogP contribution in [0.4, 0.5) is 5.69 Å². The summed E-state index contributed by atoms with van der Waals surface area (Å²) in [7, 11) is 1.51. The predicted molar refractivity (Wildman–Crippen MR) is 113 cm³/mol. The lowest BCUT2D eigenvalue weighted by Crippen LogP contribution is -2.40. The fourth-order valence-electron chi connectivity index (χ4n) is 3.56. The number of amides is 1. The van der Waals surface area contributed by atoms with Crippen LogP contribution < -0.4 is 20.1 Å². The summed E-state index contributed by atoms with van der Waals surface area (Å²) in [6.07, 6.45) is 0. The number of allylic oxidation sites excluding steroid dienone is 2. The van der Waals surface area contributed by atoms with Gasteiger partial charge < -0.3 is 15.2 Å². The summed E-state index contributed by atoms with van der Waals surface area (Å²) < 4.78 is 11.2. The minimum absolute atomic E-state index is 0.0998. The molecule has 0 aromatic heterocycles. The Hall–Kier alpha value is -2.99. The Morgan fingerprint density at radius 2 is 1.90 bits per heavy atom. The molecule has 1 amide bonds. The summed E-state index contributed by atoms with van der Waals surface area (Å²) in [5.41, 5.74) is 8.73. The standard InChI is InChI=1S/C22H23ClN2O4/c1-12(24)22(14(3)26)17-9-20-18(10-19(17)28-4)25(21(27)11-29-20)13(2)15-5-7-16(23)8-6-15/h5-10,13H,11,24H2,1-4H3. The molecule has 29 heavy (non-hydrogen) atoms. The van der Waals surface area contributed by atoms with Crippen LogP contribution in [0.25, 0.3) is 5.57 Å². The van der Waals surface area contributed by atoms with Crippen molar-refractivity contribution in [2.45, 2.75) is 26.8 Å². The van der Waals surface area contributed by atoms with Gasteiger partial charge in [0.05, 0.1) is 18.8 Å². The molecule has 0 spiro atoms. The first-order valence-corrected chi connectivity index (χ1v) is 9.52. The van der Waals surface area contributed by atoms with Gasteiger partial charge in [-0.2, -0.15) is 0 Å². The van der Waals surface area contributed by atoms with E-state index in [2.05, 4.69) is 0 Å². The van der Waals surface area contributed by atoms with Crippen LogP contribution in [-0.2, 0) is 9.59 Å². The molecule has 2 N–H and O–H groups in total. The number of anilines is 1. The van der Waals surface area contributed by atoms with E-state index < -0.39 is 0 Å². The third-order valence-corrected chi connectivity index (χ3v) is 5.17. The molecular weight excluding hydrogens is 392 g/mol. The highest BCUT2D eigenvalue weighted by Crippen LogP contribution is 2.43. The zero-order valence-corrected chi connectivity index (χ0v) is 17.5. The smallest absolute Gasteiger partial charge is 0.265 e. The van der Waals surface area contributed by atoms with Gasteiger partial charge in [0.1, 0.15) is 11.5 Å². The van der Waals surface area contributed by atoms with E-state index in [0.29, 0.717) is 39.0 Å². The maximum Gasteiger partial charge on any atom is 0.265 e. The lowest BCUT2D eigenvalue weighted by atomic mass is 9.97. The summed E-state index contributed by atoms with van der Waals surface area (Å²) in [5.74, 6) is 0.570. The van der Waals surface area contributed by atoms with Gasteiger partial charge in [-0.15, -0.1) is 0 Å². The van der Waals surface area contributed by atoms with Gasteiger partial charge in [-0.3, -0.25) is 14.5 Å². The summed E-state index contributed by atoms with van der Waals surface area (Å²) in [6.45, 7) is 4.94. The number of carbonyl (C=O) groups is 2. The number of methoxy groups -OCH3 is 1. The topological polar surface area (TPSA) is 81.9 Å². The van der Waals surface area contributed by atoms with E-state index in [4.69, 9.17) is 26.8 Å². The number of benzene rings is 2. The zero-order valence-electron chi connectivity index (χ0n) is 16.8. The number of rotatable bonds is 5. The highest BCUT2D eigenvalue weighted by atomic mass is 35.5. The number of carbonyl (C=O) groups excluding carboxylic acids is 2. The molecule has 6 nitrogen and oxygen atoms in total. The molecule has 1 aliphatic rings. The van der Waals surface area contributed by atoms with Crippen LogP contribution in [0.3, 0.4) is 0 Å². The first-order valence-electron chi connectivity index (χ1n) is 9.14. The fourth-order valence-corrected chi connectivity index (χ4v) is 3.68. The van der Waals surface area contributed by atoms with Crippen LogP contribution in [-0.4, -0.2) is 25.4 Å². The van der Waals surface area contributed by atoms with Crippen molar-refractivity contribution in [3.8, 4) is 11.5 Å². The normalized spacial score (nSPS) is 15.2. The molecule has 2 aromatic carbocycles. The van der Waals surface area contributed by atoms with E-state index in [9.17, 15) is 9.59 Å². The Balaban J connectivity index is 2.14. The monoisotopic (exact) mass is 414 g/mol. The minimum atomic E-state index is -0.253. The van der Waals surface area contributed by atoms with Crippen LogP contribution >= 0.6 is 11.6 Å². The average Bonchev–Trinajstić information content (AvgIpc) is 2.67. The van der Waals surface area contributed by atoms with Gasteiger partial charge in [0.15, 0.2) is 12.4 Å². The molecule has 0 saturated heterocycles. The molecule has 0 saturated carbocycles. The van der Waals surface area contributed by atoms with Gasteiger partial charge >= 0.3 is 0 Å². The van der Waals surface area contributed by atoms with Gasteiger partial charge in [0.25, 0.3) is 5.91 Å². The van der Waals surface area contributed by atoms with Crippen LogP contribution in [0.15, 0.2) is 42.1 Å². The molecule has 3 rings (SSSR count). The molecule has 1 atom stereocenters. The number of hydrogen-bond acceptors (Lipinski definition) is 5. The van der Waals surface area contributed by atoms with Crippen LogP contribution in [0.2, 0.25) is 5.02 Å². The Morgan fingerprint density at radius 1 is 1.24 bits per heavy atom. The number of ether oxygens (including phenoxy) is 2. The Labute approximate surface area is 174 Å². The molecular formula is C22H23ClN2O4. The minimum Gasteiger partial charge on any atom is -0.496 e. The van der Waals surface area contributed by atoms with E-state index in [1.54, 1.807) is 36.1 Å². The van der Waals surface area contributed by atoms with Crippen LogP contribution in [0, 0.1) is 0 Å². The van der Waals surface area contributed by atoms with Crippen molar-refractivity contribution < 1.29 is 19.1 Å². The molecule has 152 valence electrons. The van der Waals surface area contributed by atoms with Crippen LogP contribution in [0.5, 0.6) is 11.5 Å². The SMILES string of the molecule is COc1cc2c(cc1C(C(C)=O)=C(C)N)OCC(=O)N2C(C)c1ccc(Cl)cc1. The zero-order chi connectivity index (χ0) is 21.3. The molecule has 2 aromatic rings. The third-order valence-electron chi connectivity index (χ3n) is 4.92. The van der Waals surface area contributed by atoms with Crippen molar-refractivity contribution in [2.75, 3.05) is 18.6 Å². The number of nitrogens with zero attached hydrogens (tertiary/aromatic N) is 1. The summed E-state index contributed by atoms with van der Waals surface area (Å²) in [5, 5.41) is 0.627. The van der Waals surface area contributed by atoms with Gasteiger partial charge in [-0.25, -0.2) is 0 Å². The highest BCUT2D eigenvalue weighted by Gasteiger charge is 2.32. The molecule has 1 unspecified atom stereocenters. The molecule has 1 aliphatic heterocycles. The van der Waals surface area contributed by atoms with Gasteiger partial charge in [0.2, 0.25) is 0 Å². The summed E-state index contributed by atoms with van der Waals surface area (Å²) in [4.78, 5) is 26.5. The Morgan fingerprint density at radius 3 is 2.45 bits per heavy atom. The molecule has 0 radical (unpaired) electrons. The van der Waals surface area contributed by atoms with E-state index in [-0.39, 0.29) is 24.3 Å². The largest absolute Gasteiger partial charge is 0.496 e. The second kappa shape index (κ2) is 8.17. The molecule has 7 heteroatoms. The second-order valence-electron chi connectivity index (χ2n) is 6.91. The molecule has 1 heterocycles. The number of ketones is 1. The summed E-state index contributed by atoms with van der Waals surface area (Å²) >= 11 is 5.99. The first kappa shape index (κ1) is 20.7. The number of nitrogens with two attached hydrogens (primary N) is 1. The highest BCUT2D eigenvalue weighted by molar-refractivity contribution is 6.30. The van der Waals surface area contributed by atoms with E-state index in [1.165, 1.54) is 14.0 Å². The number of fused-ring (bicyclic) bond motifs is 1.